The number of nitrogens with one attached hydrogen (secondary N) is 1. The van der Waals surface area contributed by atoms with E-state index in [1.165, 1.54) is 11.8 Å². The summed E-state index contributed by atoms with van der Waals surface area (Å²) in [5, 5.41) is 6.58. The molecule has 2 aromatic rings. The number of aryl methyl sites for hydroxylation is 2. The van der Waals surface area contributed by atoms with Crippen molar-refractivity contribution >= 4 is 23.6 Å². The van der Waals surface area contributed by atoms with E-state index < -0.39 is 5.97 Å². The monoisotopic (exact) mass is 378 g/mol. The zero-order chi connectivity index (χ0) is 18.9. The van der Waals surface area contributed by atoms with Gasteiger partial charge in [-0.25, -0.2) is 4.79 Å². The Bertz CT molecular complexity index is 740. The number of nitrogens with zero attached hydrogens (tertiary/aromatic N) is 1. The fraction of sp³-hybridized carbons (Fsp3) is 0.389. The van der Waals surface area contributed by atoms with Crippen molar-refractivity contribution in [2.45, 2.75) is 25.3 Å². The molecular formula is C18H22N2O5S. The highest BCUT2D eigenvalue weighted by molar-refractivity contribution is 8.00. The van der Waals surface area contributed by atoms with E-state index in [4.69, 9.17) is 14.0 Å². The molecule has 0 aliphatic heterocycles. The summed E-state index contributed by atoms with van der Waals surface area (Å²) in [4.78, 5) is 24.9. The van der Waals surface area contributed by atoms with Gasteiger partial charge in [0.2, 0.25) is 5.91 Å². The Morgan fingerprint density at radius 3 is 2.73 bits per heavy atom. The maximum atomic E-state index is 12.4. The molecule has 0 aliphatic rings. The molecule has 0 fully saturated rings. The SMILES string of the molecule is COCCNC(=O)CSc1ccccc1C(=O)OCc1c(C)noc1C. The number of benzene rings is 1. The smallest absolute Gasteiger partial charge is 0.339 e. The van der Waals surface area contributed by atoms with Gasteiger partial charge in [0, 0.05) is 18.6 Å². The number of methoxy groups -OCH3 is 1. The Labute approximate surface area is 156 Å². The van der Waals surface area contributed by atoms with Gasteiger partial charge in [0.1, 0.15) is 12.4 Å². The van der Waals surface area contributed by atoms with E-state index in [0.29, 0.717) is 35.1 Å². The van der Waals surface area contributed by atoms with Gasteiger partial charge in [-0.05, 0) is 26.0 Å². The van der Waals surface area contributed by atoms with Crippen molar-refractivity contribution in [3.63, 3.8) is 0 Å². The Morgan fingerprint density at radius 2 is 2.04 bits per heavy atom. The second kappa shape index (κ2) is 9.98. The first-order valence-corrected chi connectivity index (χ1v) is 9.07. The number of carbonyl (C=O) groups excluding carboxylic acids is 2. The second-order valence-corrected chi connectivity index (χ2v) is 6.52. The predicted octanol–water partition coefficient (Wildman–Crippen LogP) is 2.50. The van der Waals surface area contributed by atoms with Crippen LogP contribution in [-0.4, -0.2) is 43.0 Å². The van der Waals surface area contributed by atoms with Crippen LogP contribution in [0.2, 0.25) is 0 Å². The number of carbonyl (C=O) groups is 2. The van der Waals surface area contributed by atoms with E-state index in [2.05, 4.69) is 10.5 Å². The number of thioether (sulfide) groups is 1. The van der Waals surface area contributed by atoms with E-state index in [-0.39, 0.29) is 18.3 Å². The van der Waals surface area contributed by atoms with Crippen molar-refractivity contribution in [2.75, 3.05) is 26.0 Å². The van der Waals surface area contributed by atoms with Crippen LogP contribution in [0.15, 0.2) is 33.7 Å². The van der Waals surface area contributed by atoms with E-state index in [1.54, 1.807) is 39.2 Å². The molecule has 7 nitrogen and oxygen atoms in total. The summed E-state index contributed by atoms with van der Waals surface area (Å²) >= 11 is 1.29. The van der Waals surface area contributed by atoms with Gasteiger partial charge in [0.15, 0.2) is 0 Å². The van der Waals surface area contributed by atoms with Gasteiger partial charge in [-0.3, -0.25) is 4.79 Å². The Kier molecular flexibility index (Phi) is 7.68. The average molecular weight is 378 g/mol. The first-order valence-electron chi connectivity index (χ1n) is 8.09. The fourth-order valence-corrected chi connectivity index (χ4v) is 3.04. The molecule has 0 atom stereocenters. The number of rotatable bonds is 9. The molecule has 0 saturated carbocycles. The summed E-state index contributed by atoms with van der Waals surface area (Å²) in [6.45, 7) is 4.58. The standard InChI is InChI=1S/C18H22N2O5S/c1-12-15(13(2)25-20-12)10-24-18(22)14-6-4-5-7-16(14)26-11-17(21)19-8-9-23-3/h4-7H,8-11H2,1-3H3,(H,19,21). The molecule has 1 aromatic heterocycles. The average Bonchev–Trinajstić information content (AvgIpc) is 2.96. The summed E-state index contributed by atoms with van der Waals surface area (Å²) in [6.07, 6.45) is 0. The summed E-state index contributed by atoms with van der Waals surface area (Å²) < 4.78 is 15.3. The number of aromatic nitrogens is 1. The van der Waals surface area contributed by atoms with E-state index in [0.717, 1.165) is 5.56 Å². The molecule has 1 aromatic carbocycles. The van der Waals surface area contributed by atoms with Crippen LogP contribution < -0.4 is 5.32 Å². The quantitative estimate of drug-likeness (QED) is 0.407. The van der Waals surface area contributed by atoms with Gasteiger partial charge >= 0.3 is 5.97 Å². The van der Waals surface area contributed by atoms with Crippen LogP contribution >= 0.6 is 11.8 Å². The van der Waals surface area contributed by atoms with Crippen molar-refractivity contribution in [3.8, 4) is 0 Å². The van der Waals surface area contributed by atoms with Crippen molar-refractivity contribution in [1.29, 1.82) is 0 Å². The van der Waals surface area contributed by atoms with Gasteiger partial charge in [-0.1, -0.05) is 17.3 Å². The molecular weight excluding hydrogens is 356 g/mol. The Morgan fingerprint density at radius 1 is 1.27 bits per heavy atom. The van der Waals surface area contributed by atoms with Gasteiger partial charge in [-0.15, -0.1) is 11.8 Å². The van der Waals surface area contributed by atoms with Gasteiger partial charge < -0.3 is 19.3 Å². The maximum absolute atomic E-state index is 12.4. The zero-order valence-electron chi connectivity index (χ0n) is 15.0. The molecule has 1 N–H and O–H groups in total. The van der Waals surface area contributed by atoms with Gasteiger partial charge in [0.25, 0.3) is 0 Å². The van der Waals surface area contributed by atoms with Crippen LogP contribution in [0.5, 0.6) is 0 Å². The molecule has 1 heterocycles. The second-order valence-electron chi connectivity index (χ2n) is 5.51. The van der Waals surface area contributed by atoms with E-state index in [1.807, 2.05) is 6.07 Å². The van der Waals surface area contributed by atoms with Crippen molar-refractivity contribution in [3.05, 3.63) is 46.8 Å². The van der Waals surface area contributed by atoms with Crippen LogP contribution in [0.1, 0.15) is 27.4 Å². The molecule has 2 rings (SSSR count). The molecule has 0 bridgehead atoms. The lowest BCUT2D eigenvalue weighted by Gasteiger charge is -2.09. The minimum atomic E-state index is -0.451. The first kappa shape index (κ1) is 20.0. The van der Waals surface area contributed by atoms with Crippen LogP contribution in [0.3, 0.4) is 0 Å². The maximum Gasteiger partial charge on any atom is 0.339 e. The number of ether oxygens (including phenoxy) is 2. The lowest BCUT2D eigenvalue weighted by molar-refractivity contribution is -0.118. The predicted molar refractivity (Wildman–Crippen MR) is 97.1 cm³/mol. The normalized spacial score (nSPS) is 10.6. The Balaban J connectivity index is 1.94. The summed E-state index contributed by atoms with van der Waals surface area (Å²) in [7, 11) is 1.57. The van der Waals surface area contributed by atoms with Crippen LogP contribution in [-0.2, 0) is 20.9 Å². The lowest BCUT2D eigenvalue weighted by atomic mass is 10.2. The lowest BCUT2D eigenvalue weighted by Crippen LogP contribution is -2.28. The molecule has 0 aliphatic carbocycles. The first-order chi connectivity index (χ1) is 12.5. The highest BCUT2D eigenvalue weighted by atomic mass is 32.2. The molecule has 0 spiro atoms. The Hall–Kier alpha value is -2.32. The van der Waals surface area contributed by atoms with Crippen LogP contribution in [0.25, 0.3) is 0 Å². The van der Waals surface area contributed by atoms with Crippen molar-refractivity contribution in [2.24, 2.45) is 0 Å². The van der Waals surface area contributed by atoms with Crippen LogP contribution in [0, 0.1) is 13.8 Å². The fourth-order valence-electron chi connectivity index (χ4n) is 2.17. The minimum Gasteiger partial charge on any atom is -0.457 e. The summed E-state index contributed by atoms with van der Waals surface area (Å²) in [5.41, 5.74) is 1.89. The molecule has 26 heavy (non-hydrogen) atoms. The third kappa shape index (κ3) is 5.60. The number of hydrogen-bond acceptors (Lipinski definition) is 7. The molecule has 8 heteroatoms. The summed E-state index contributed by atoms with van der Waals surface area (Å²) in [6, 6.07) is 7.05. The van der Waals surface area contributed by atoms with Crippen LogP contribution in [0.4, 0.5) is 0 Å². The molecule has 140 valence electrons. The van der Waals surface area contributed by atoms with Crippen molar-refractivity contribution in [1.82, 2.24) is 10.5 Å². The van der Waals surface area contributed by atoms with E-state index in [9.17, 15) is 9.59 Å². The van der Waals surface area contributed by atoms with E-state index >= 15 is 0 Å². The third-order valence-electron chi connectivity index (χ3n) is 3.62. The third-order valence-corrected chi connectivity index (χ3v) is 4.70. The molecule has 1 amide bonds. The number of esters is 1. The zero-order valence-corrected chi connectivity index (χ0v) is 15.9. The topological polar surface area (TPSA) is 90.7 Å². The highest BCUT2D eigenvalue weighted by Crippen LogP contribution is 2.24. The molecule has 0 radical (unpaired) electrons. The minimum absolute atomic E-state index is 0.0938. The van der Waals surface area contributed by atoms with Gasteiger partial charge in [-0.2, -0.15) is 0 Å². The van der Waals surface area contributed by atoms with Gasteiger partial charge in [0.05, 0.1) is 29.2 Å². The molecule has 0 saturated heterocycles. The molecule has 0 unspecified atom stereocenters. The largest absolute Gasteiger partial charge is 0.457 e. The van der Waals surface area contributed by atoms with Crippen molar-refractivity contribution < 1.29 is 23.6 Å². The number of hydrogen-bond donors (Lipinski definition) is 1. The highest BCUT2D eigenvalue weighted by Gasteiger charge is 2.16. The summed E-state index contributed by atoms with van der Waals surface area (Å²) in [5.74, 6) is 0.266. The number of amides is 1.